The Morgan fingerprint density at radius 2 is 2.38 bits per heavy atom. The third kappa shape index (κ3) is 4.46. The molecule has 1 atom stereocenters. The third-order valence-electron chi connectivity index (χ3n) is 3.15. The second-order valence-electron chi connectivity index (χ2n) is 4.62. The van der Waals surface area contributed by atoms with E-state index in [1.165, 1.54) is 11.3 Å². The van der Waals surface area contributed by atoms with Gasteiger partial charge in [0, 0.05) is 24.1 Å². The van der Waals surface area contributed by atoms with Gasteiger partial charge in [-0.05, 0) is 11.4 Å². The normalized spacial score (nSPS) is 18.9. The Hall–Kier alpha value is -1.56. The lowest BCUT2D eigenvalue weighted by atomic mass is 10.2. The highest BCUT2D eigenvalue weighted by atomic mass is 32.2. The van der Waals surface area contributed by atoms with Gasteiger partial charge in [-0.2, -0.15) is 17.0 Å². The summed E-state index contributed by atoms with van der Waals surface area (Å²) in [4.78, 5) is 24.8. The lowest BCUT2D eigenvalue weighted by Crippen LogP contribution is -2.47. The summed E-state index contributed by atoms with van der Waals surface area (Å²) in [5, 5.41) is 22.9. The maximum atomic E-state index is 12.1. The van der Waals surface area contributed by atoms with Crippen molar-refractivity contribution in [2.24, 2.45) is 0 Å². The van der Waals surface area contributed by atoms with Gasteiger partial charge in [-0.1, -0.05) is 0 Å². The number of thiophene rings is 1. The number of nitriles is 1. The van der Waals surface area contributed by atoms with E-state index in [0.29, 0.717) is 17.1 Å². The maximum absolute atomic E-state index is 12.1. The minimum absolute atomic E-state index is 0.0444. The van der Waals surface area contributed by atoms with Crippen molar-refractivity contribution in [1.82, 2.24) is 4.90 Å². The number of hydrogen-bond acceptors (Lipinski definition) is 6. The van der Waals surface area contributed by atoms with E-state index in [2.05, 4.69) is 5.32 Å². The standard InChI is InChI=1S/C13H15N3O3S2/c14-6-9-1-3-21-13(9)15-11(17)7-16-2-4-20-8-10(16)5-12(18)19/h1,3,10H,2,4-5,7-8H2,(H,15,17)(H,18,19). The van der Waals surface area contributed by atoms with Crippen LogP contribution < -0.4 is 5.32 Å². The summed E-state index contributed by atoms with van der Waals surface area (Å²) in [6, 6.07) is 3.56. The molecule has 0 radical (unpaired) electrons. The molecule has 1 aliphatic rings. The molecule has 1 unspecified atom stereocenters. The number of nitrogens with one attached hydrogen (secondary N) is 1. The first kappa shape index (κ1) is 15.8. The summed E-state index contributed by atoms with van der Waals surface area (Å²) >= 11 is 3.01. The van der Waals surface area contributed by atoms with E-state index in [4.69, 9.17) is 10.4 Å². The van der Waals surface area contributed by atoms with Gasteiger partial charge in [0.15, 0.2) is 0 Å². The van der Waals surface area contributed by atoms with Crippen molar-refractivity contribution in [2.45, 2.75) is 12.5 Å². The van der Waals surface area contributed by atoms with Crippen LogP contribution in [0.1, 0.15) is 12.0 Å². The molecule has 6 nitrogen and oxygen atoms in total. The van der Waals surface area contributed by atoms with E-state index in [0.717, 1.165) is 11.5 Å². The quantitative estimate of drug-likeness (QED) is 0.851. The van der Waals surface area contributed by atoms with Crippen LogP contribution in [-0.2, 0) is 9.59 Å². The number of rotatable bonds is 5. The number of thioether (sulfide) groups is 1. The molecule has 0 saturated carbocycles. The van der Waals surface area contributed by atoms with Gasteiger partial charge in [0.05, 0.1) is 18.5 Å². The SMILES string of the molecule is N#Cc1ccsc1NC(=O)CN1CCSCC1CC(=O)O. The molecule has 2 N–H and O–H groups in total. The molecule has 1 saturated heterocycles. The molecule has 8 heteroatoms. The molecule has 1 fully saturated rings. The average Bonchev–Trinajstić information content (AvgIpc) is 2.87. The maximum Gasteiger partial charge on any atom is 0.304 e. The number of carbonyl (C=O) groups is 2. The molecule has 2 heterocycles. The third-order valence-corrected chi connectivity index (χ3v) is 5.07. The van der Waals surface area contributed by atoms with Gasteiger partial charge in [-0.15, -0.1) is 11.3 Å². The minimum atomic E-state index is -0.849. The molecule has 1 aromatic heterocycles. The van der Waals surface area contributed by atoms with Crippen LogP contribution in [0.4, 0.5) is 5.00 Å². The number of carbonyl (C=O) groups excluding carboxylic acids is 1. The molecule has 0 aliphatic carbocycles. The summed E-state index contributed by atoms with van der Waals surface area (Å²) in [6.45, 7) is 0.854. The van der Waals surface area contributed by atoms with Crippen molar-refractivity contribution in [3.63, 3.8) is 0 Å². The molecule has 112 valence electrons. The fraction of sp³-hybridized carbons (Fsp3) is 0.462. The predicted molar refractivity (Wildman–Crippen MR) is 82.6 cm³/mol. The Morgan fingerprint density at radius 1 is 1.57 bits per heavy atom. The Morgan fingerprint density at radius 3 is 3.10 bits per heavy atom. The van der Waals surface area contributed by atoms with Crippen molar-refractivity contribution in [1.29, 1.82) is 5.26 Å². The first-order chi connectivity index (χ1) is 10.1. The number of carboxylic acid groups (broad SMARTS) is 1. The fourth-order valence-corrected chi connectivity index (χ4v) is 4.02. The number of nitrogens with zero attached hydrogens (tertiary/aromatic N) is 2. The second kappa shape index (κ2) is 7.45. The Balaban J connectivity index is 1.94. The number of hydrogen-bond donors (Lipinski definition) is 2. The summed E-state index contributed by atoms with van der Waals surface area (Å²) < 4.78 is 0. The van der Waals surface area contributed by atoms with Crippen molar-refractivity contribution in [3.05, 3.63) is 17.0 Å². The van der Waals surface area contributed by atoms with E-state index in [1.807, 2.05) is 11.0 Å². The van der Waals surface area contributed by atoms with Crippen LogP contribution in [0.25, 0.3) is 0 Å². The second-order valence-corrected chi connectivity index (χ2v) is 6.69. The zero-order valence-electron chi connectivity index (χ0n) is 11.2. The molecular weight excluding hydrogens is 310 g/mol. The first-order valence-electron chi connectivity index (χ1n) is 6.41. The fourth-order valence-electron chi connectivity index (χ4n) is 2.13. The van der Waals surface area contributed by atoms with Gasteiger partial charge in [-0.25, -0.2) is 0 Å². The molecule has 21 heavy (non-hydrogen) atoms. The lowest BCUT2D eigenvalue weighted by molar-refractivity contribution is -0.138. The summed E-state index contributed by atoms with van der Waals surface area (Å²) in [5.41, 5.74) is 0.449. The molecule has 0 aromatic carbocycles. The van der Waals surface area contributed by atoms with Crippen LogP contribution in [-0.4, -0.2) is 52.5 Å². The summed E-state index contributed by atoms with van der Waals surface area (Å²) in [5.74, 6) is 0.558. The monoisotopic (exact) mass is 325 g/mol. The summed E-state index contributed by atoms with van der Waals surface area (Å²) in [7, 11) is 0. The number of amides is 1. The predicted octanol–water partition coefficient (Wildman–Crippen LogP) is 1.45. The van der Waals surface area contributed by atoms with Gasteiger partial charge in [0.1, 0.15) is 11.1 Å². The topological polar surface area (TPSA) is 93.4 Å². The number of anilines is 1. The van der Waals surface area contributed by atoms with Gasteiger partial charge >= 0.3 is 5.97 Å². The minimum Gasteiger partial charge on any atom is -0.481 e. The van der Waals surface area contributed by atoms with Crippen LogP contribution in [0.2, 0.25) is 0 Å². The zero-order chi connectivity index (χ0) is 15.2. The van der Waals surface area contributed by atoms with Crippen molar-refractivity contribution in [3.8, 4) is 6.07 Å². The molecule has 0 bridgehead atoms. The van der Waals surface area contributed by atoms with Gasteiger partial charge in [0.2, 0.25) is 5.91 Å². The van der Waals surface area contributed by atoms with E-state index in [-0.39, 0.29) is 24.9 Å². The van der Waals surface area contributed by atoms with Gasteiger partial charge in [0.25, 0.3) is 0 Å². The highest BCUT2D eigenvalue weighted by Crippen LogP contribution is 2.23. The molecule has 1 aromatic rings. The summed E-state index contributed by atoms with van der Waals surface area (Å²) in [6.07, 6.45) is 0.0444. The van der Waals surface area contributed by atoms with Crippen molar-refractivity contribution < 1.29 is 14.7 Å². The highest BCUT2D eigenvalue weighted by Gasteiger charge is 2.26. The molecule has 0 spiro atoms. The highest BCUT2D eigenvalue weighted by molar-refractivity contribution is 7.99. The Bertz CT molecular complexity index is 567. The van der Waals surface area contributed by atoms with Crippen LogP contribution in [0.5, 0.6) is 0 Å². The van der Waals surface area contributed by atoms with Gasteiger partial charge < -0.3 is 10.4 Å². The smallest absolute Gasteiger partial charge is 0.304 e. The molecule has 1 amide bonds. The van der Waals surface area contributed by atoms with Crippen LogP contribution in [0, 0.1) is 11.3 Å². The molecule has 2 rings (SSSR count). The number of aliphatic carboxylic acids is 1. The van der Waals surface area contributed by atoms with Crippen LogP contribution >= 0.6 is 23.1 Å². The van der Waals surface area contributed by atoms with Crippen molar-refractivity contribution >= 4 is 40.0 Å². The van der Waals surface area contributed by atoms with Gasteiger partial charge in [-0.3, -0.25) is 14.5 Å². The first-order valence-corrected chi connectivity index (χ1v) is 8.44. The Labute approximate surface area is 130 Å². The van der Waals surface area contributed by atoms with Crippen LogP contribution in [0.15, 0.2) is 11.4 Å². The Kier molecular flexibility index (Phi) is 5.61. The lowest BCUT2D eigenvalue weighted by Gasteiger charge is -2.33. The number of carboxylic acids is 1. The van der Waals surface area contributed by atoms with E-state index in [1.54, 1.807) is 23.2 Å². The van der Waals surface area contributed by atoms with Crippen LogP contribution in [0.3, 0.4) is 0 Å². The average molecular weight is 325 g/mol. The van der Waals surface area contributed by atoms with Crippen molar-refractivity contribution in [2.75, 3.05) is 29.9 Å². The largest absolute Gasteiger partial charge is 0.481 e. The zero-order valence-corrected chi connectivity index (χ0v) is 12.9. The molecule has 1 aliphatic heterocycles. The van der Waals surface area contributed by atoms with E-state index in [9.17, 15) is 9.59 Å². The molecular formula is C13H15N3O3S2. The van der Waals surface area contributed by atoms with E-state index < -0.39 is 5.97 Å². The van der Waals surface area contributed by atoms with E-state index >= 15 is 0 Å².